The molecule has 6 N–H and O–H groups in total. The van der Waals surface area contributed by atoms with Crippen molar-refractivity contribution >= 4 is 29.5 Å². The number of carbonyl (C=O) groups is 5. The highest BCUT2D eigenvalue weighted by atomic mass is 16.5. The molecule has 17 nitrogen and oxygen atoms in total. The highest BCUT2D eigenvalue weighted by Crippen LogP contribution is 2.26. The quantitative estimate of drug-likeness (QED) is 0.0364. The minimum absolute atomic E-state index is 0.0132. The Morgan fingerprint density at radius 1 is 0.424 bits per heavy atom. The highest BCUT2D eigenvalue weighted by Gasteiger charge is 2.33. The summed E-state index contributed by atoms with van der Waals surface area (Å²) in [5.41, 5.74) is -1.12. The molecule has 0 heterocycles. The van der Waals surface area contributed by atoms with Gasteiger partial charge in [-0.05, 0) is 38.5 Å². The standard InChI is InChI=1S/C42H69N5O12/c1-4-25-54-31-34-57-28-21-44-38(50)14-17-42(18-15-39(51)45-22-29-58-35-32-55-26-5-2,19-16-40(52)46-23-30-59-36-33-56-27-6-3)47-41(53)13-11-12-37(49)43-20-9-7-8-10-24-48/h1-3,48H,7-36H2,(H,43,49)(H,44,50)(H,45,51)(H,46,52)(H,47,53). The fourth-order valence-electron chi connectivity index (χ4n) is 5.40. The molecule has 0 saturated heterocycles. The van der Waals surface area contributed by atoms with Gasteiger partial charge in [0.15, 0.2) is 0 Å². The van der Waals surface area contributed by atoms with Gasteiger partial charge in [0.2, 0.25) is 29.5 Å². The Morgan fingerprint density at radius 3 is 1.19 bits per heavy atom. The Morgan fingerprint density at radius 2 is 0.780 bits per heavy atom. The summed E-state index contributed by atoms with van der Waals surface area (Å²) in [5.74, 6) is 5.65. The Labute approximate surface area is 351 Å². The second kappa shape index (κ2) is 40.5. The Hall–Kier alpha value is -4.25. The van der Waals surface area contributed by atoms with Crippen LogP contribution >= 0.6 is 0 Å². The molecule has 0 aromatic heterocycles. The number of rotatable bonds is 41. The van der Waals surface area contributed by atoms with E-state index in [-0.39, 0.29) is 153 Å². The van der Waals surface area contributed by atoms with Crippen molar-refractivity contribution in [3.8, 4) is 37.0 Å². The lowest BCUT2D eigenvalue weighted by Gasteiger charge is -2.35. The molecule has 0 atom stereocenters. The van der Waals surface area contributed by atoms with Crippen LogP contribution in [0, 0.1) is 37.0 Å². The van der Waals surface area contributed by atoms with Gasteiger partial charge in [-0.3, -0.25) is 24.0 Å². The largest absolute Gasteiger partial charge is 0.396 e. The summed E-state index contributed by atoms with van der Waals surface area (Å²) in [6.45, 7) is 4.54. The van der Waals surface area contributed by atoms with E-state index in [2.05, 4.69) is 44.3 Å². The van der Waals surface area contributed by atoms with E-state index in [9.17, 15) is 24.0 Å². The van der Waals surface area contributed by atoms with Crippen molar-refractivity contribution in [3.05, 3.63) is 0 Å². The summed E-state index contributed by atoms with van der Waals surface area (Å²) in [4.78, 5) is 64.9. The summed E-state index contributed by atoms with van der Waals surface area (Å²) < 4.78 is 31.9. The molecule has 0 spiro atoms. The Balaban J connectivity index is 5.59. The van der Waals surface area contributed by atoms with Crippen LogP contribution < -0.4 is 26.6 Å². The maximum Gasteiger partial charge on any atom is 0.220 e. The van der Waals surface area contributed by atoms with E-state index in [0.717, 1.165) is 25.7 Å². The number of hydrogen-bond donors (Lipinski definition) is 6. The minimum atomic E-state index is -1.12. The van der Waals surface area contributed by atoms with Gasteiger partial charge in [0.25, 0.3) is 0 Å². The summed E-state index contributed by atoms with van der Waals surface area (Å²) in [5, 5.41) is 23.2. The van der Waals surface area contributed by atoms with Crippen LogP contribution in [0.5, 0.6) is 0 Å². The molecule has 334 valence electrons. The van der Waals surface area contributed by atoms with Crippen molar-refractivity contribution in [2.24, 2.45) is 0 Å². The van der Waals surface area contributed by atoms with E-state index in [1.807, 2.05) is 0 Å². The number of amides is 5. The number of carbonyl (C=O) groups excluding carboxylic acids is 5. The van der Waals surface area contributed by atoms with Gasteiger partial charge in [-0.2, -0.15) is 0 Å². The maximum atomic E-state index is 13.5. The maximum absolute atomic E-state index is 13.5. The lowest BCUT2D eigenvalue weighted by Crippen LogP contribution is -2.50. The van der Waals surface area contributed by atoms with Crippen LogP contribution in [0.2, 0.25) is 0 Å². The van der Waals surface area contributed by atoms with Crippen LogP contribution in [0.3, 0.4) is 0 Å². The van der Waals surface area contributed by atoms with Crippen molar-refractivity contribution in [2.75, 3.05) is 112 Å². The number of ether oxygens (including phenoxy) is 6. The van der Waals surface area contributed by atoms with E-state index in [4.69, 9.17) is 52.8 Å². The normalized spacial score (nSPS) is 10.8. The number of unbranched alkanes of at least 4 members (excludes halogenated alkanes) is 3. The molecule has 0 aliphatic rings. The van der Waals surface area contributed by atoms with Crippen LogP contribution in [0.15, 0.2) is 0 Å². The second-order valence-corrected chi connectivity index (χ2v) is 13.3. The summed E-state index contributed by atoms with van der Waals surface area (Å²) in [6, 6.07) is 0. The van der Waals surface area contributed by atoms with E-state index in [0.29, 0.717) is 46.2 Å². The molecule has 0 fully saturated rings. The molecule has 0 aliphatic carbocycles. The summed E-state index contributed by atoms with van der Waals surface area (Å²) >= 11 is 0. The zero-order valence-corrected chi connectivity index (χ0v) is 34.9. The van der Waals surface area contributed by atoms with Crippen LogP contribution in [0.25, 0.3) is 0 Å². The third-order valence-corrected chi connectivity index (χ3v) is 8.49. The number of aliphatic hydroxyl groups is 1. The van der Waals surface area contributed by atoms with E-state index in [1.165, 1.54) is 0 Å². The topological polar surface area (TPSA) is 221 Å². The molecule has 0 aromatic rings. The molecular formula is C42H69N5O12. The molecule has 59 heavy (non-hydrogen) atoms. The average molecular weight is 836 g/mol. The summed E-state index contributed by atoms with van der Waals surface area (Å²) in [6.07, 6.45) is 19.5. The van der Waals surface area contributed by atoms with Gasteiger partial charge in [-0.25, -0.2) is 0 Å². The monoisotopic (exact) mass is 835 g/mol. The van der Waals surface area contributed by atoms with Gasteiger partial charge < -0.3 is 60.1 Å². The Kier molecular flexibility index (Phi) is 37.6. The molecule has 0 bridgehead atoms. The molecule has 0 aromatic carbocycles. The van der Waals surface area contributed by atoms with Gasteiger partial charge in [0.1, 0.15) is 19.8 Å². The predicted octanol–water partition coefficient (Wildman–Crippen LogP) is 0.369. The second-order valence-electron chi connectivity index (χ2n) is 13.3. The lowest BCUT2D eigenvalue weighted by atomic mass is 9.82. The third kappa shape index (κ3) is 36.6. The minimum Gasteiger partial charge on any atom is -0.396 e. The highest BCUT2D eigenvalue weighted by molar-refractivity contribution is 5.81. The molecule has 0 aliphatic heterocycles. The zero-order valence-electron chi connectivity index (χ0n) is 34.9. The van der Waals surface area contributed by atoms with Gasteiger partial charge in [-0.15, -0.1) is 19.3 Å². The first-order chi connectivity index (χ1) is 28.7. The first-order valence-corrected chi connectivity index (χ1v) is 20.5. The summed E-state index contributed by atoms with van der Waals surface area (Å²) in [7, 11) is 0. The fraction of sp³-hybridized carbons (Fsp3) is 0.738. The van der Waals surface area contributed by atoms with Crippen molar-refractivity contribution in [1.29, 1.82) is 0 Å². The molecular weight excluding hydrogens is 766 g/mol. The first-order valence-electron chi connectivity index (χ1n) is 20.5. The van der Waals surface area contributed by atoms with Crippen molar-refractivity contribution < 1.29 is 57.5 Å². The number of hydrogen-bond acceptors (Lipinski definition) is 12. The van der Waals surface area contributed by atoms with E-state index >= 15 is 0 Å². The number of aliphatic hydroxyl groups excluding tert-OH is 1. The predicted molar refractivity (Wildman–Crippen MR) is 221 cm³/mol. The van der Waals surface area contributed by atoms with Crippen LogP contribution in [0.1, 0.15) is 83.5 Å². The first kappa shape index (κ1) is 54.8. The van der Waals surface area contributed by atoms with Gasteiger partial charge in [0, 0.05) is 70.4 Å². The third-order valence-electron chi connectivity index (χ3n) is 8.49. The molecule has 0 unspecified atom stereocenters. The van der Waals surface area contributed by atoms with E-state index < -0.39 is 5.54 Å². The van der Waals surface area contributed by atoms with Crippen LogP contribution in [0.4, 0.5) is 0 Å². The van der Waals surface area contributed by atoms with Gasteiger partial charge in [-0.1, -0.05) is 30.6 Å². The van der Waals surface area contributed by atoms with Crippen molar-refractivity contribution in [3.63, 3.8) is 0 Å². The molecule has 0 radical (unpaired) electrons. The SMILES string of the molecule is C#CCOCCOCCNC(=O)CCC(CCC(=O)NCCOCCOCC#C)(CCC(=O)NCCOCCOCC#C)NC(=O)CCCC(=O)NCCCCCCO. The van der Waals surface area contributed by atoms with Crippen molar-refractivity contribution in [2.45, 2.75) is 89.0 Å². The smallest absolute Gasteiger partial charge is 0.220 e. The van der Waals surface area contributed by atoms with E-state index in [1.54, 1.807) is 0 Å². The molecule has 5 amide bonds. The van der Waals surface area contributed by atoms with Crippen molar-refractivity contribution in [1.82, 2.24) is 26.6 Å². The van der Waals surface area contributed by atoms with Gasteiger partial charge in [0.05, 0.1) is 59.5 Å². The van der Waals surface area contributed by atoms with Crippen LogP contribution in [-0.4, -0.2) is 152 Å². The number of terminal acetylenes is 3. The Bertz CT molecular complexity index is 1150. The van der Waals surface area contributed by atoms with Gasteiger partial charge >= 0.3 is 0 Å². The average Bonchev–Trinajstić information content (AvgIpc) is 3.22. The fourth-order valence-corrected chi connectivity index (χ4v) is 5.40. The van der Waals surface area contributed by atoms with Crippen LogP contribution in [-0.2, 0) is 52.4 Å². The zero-order chi connectivity index (χ0) is 43.5. The number of nitrogens with one attached hydrogen (secondary N) is 5. The lowest BCUT2D eigenvalue weighted by molar-refractivity contribution is -0.128. The molecule has 0 rings (SSSR count). The molecule has 0 saturated carbocycles. The molecule has 17 heteroatoms.